The average molecular weight is 210 g/mol. The van der Waals surface area contributed by atoms with E-state index in [1.807, 2.05) is 4.90 Å². The van der Waals surface area contributed by atoms with Crippen molar-refractivity contribution >= 4 is 11.8 Å². The molecule has 0 aromatic rings. The lowest BCUT2D eigenvalue weighted by Crippen LogP contribution is -2.48. The van der Waals surface area contributed by atoms with E-state index in [9.17, 15) is 9.59 Å². The molecule has 4 heteroatoms. The molecule has 2 amide bonds. The molecule has 84 valence electrons. The van der Waals surface area contributed by atoms with Gasteiger partial charge in [-0.15, -0.1) is 0 Å². The molecule has 0 aromatic carbocycles. The monoisotopic (exact) mass is 210 g/mol. The standard InChI is InChI=1S/C11H18N2O2/c14-10-9(5-4-6-12-10)11(15)13-7-2-1-3-8-13/h9H,1-8H2,(H,12,14)/t9-/m1/s1. The molecule has 2 fully saturated rings. The molecule has 0 aliphatic carbocycles. The third kappa shape index (κ3) is 2.30. The number of hydrogen-bond donors (Lipinski definition) is 1. The van der Waals surface area contributed by atoms with Gasteiger partial charge >= 0.3 is 0 Å². The first kappa shape index (κ1) is 10.5. The normalized spacial score (nSPS) is 27.3. The van der Waals surface area contributed by atoms with Crippen LogP contribution in [0.1, 0.15) is 32.1 Å². The van der Waals surface area contributed by atoms with E-state index in [1.54, 1.807) is 0 Å². The van der Waals surface area contributed by atoms with Crippen molar-refractivity contribution in [3.8, 4) is 0 Å². The Kier molecular flexibility index (Phi) is 3.23. The fourth-order valence-electron chi connectivity index (χ4n) is 2.34. The van der Waals surface area contributed by atoms with Crippen molar-refractivity contribution in [2.75, 3.05) is 19.6 Å². The van der Waals surface area contributed by atoms with Crippen LogP contribution >= 0.6 is 0 Å². The van der Waals surface area contributed by atoms with Crippen molar-refractivity contribution in [1.82, 2.24) is 10.2 Å². The molecule has 2 saturated heterocycles. The minimum atomic E-state index is -0.406. The van der Waals surface area contributed by atoms with Gasteiger partial charge in [-0.1, -0.05) is 0 Å². The molecule has 0 radical (unpaired) electrons. The second-order valence-corrected chi connectivity index (χ2v) is 4.37. The largest absolute Gasteiger partial charge is 0.355 e. The van der Waals surface area contributed by atoms with E-state index in [4.69, 9.17) is 0 Å². The highest BCUT2D eigenvalue weighted by molar-refractivity contribution is 6.00. The Morgan fingerprint density at radius 2 is 1.93 bits per heavy atom. The van der Waals surface area contributed by atoms with E-state index in [0.717, 1.165) is 45.3 Å². The smallest absolute Gasteiger partial charge is 0.235 e. The molecule has 0 saturated carbocycles. The highest BCUT2D eigenvalue weighted by Crippen LogP contribution is 2.18. The molecule has 0 unspecified atom stereocenters. The lowest BCUT2D eigenvalue weighted by molar-refractivity contribution is -0.144. The Morgan fingerprint density at radius 3 is 2.60 bits per heavy atom. The molecular weight excluding hydrogens is 192 g/mol. The number of carbonyl (C=O) groups is 2. The van der Waals surface area contributed by atoms with E-state index in [2.05, 4.69) is 5.32 Å². The minimum Gasteiger partial charge on any atom is -0.355 e. The zero-order valence-electron chi connectivity index (χ0n) is 9.00. The number of amides is 2. The molecular formula is C11H18N2O2. The van der Waals surface area contributed by atoms with Crippen LogP contribution in [0, 0.1) is 5.92 Å². The molecule has 1 atom stereocenters. The molecule has 2 aliphatic rings. The van der Waals surface area contributed by atoms with E-state index in [1.165, 1.54) is 6.42 Å². The van der Waals surface area contributed by atoms with Gasteiger partial charge in [0.05, 0.1) is 0 Å². The topological polar surface area (TPSA) is 49.4 Å². The van der Waals surface area contributed by atoms with Crippen LogP contribution in [0.3, 0.4) is 0 Å². The number of piperidine rings is 2. The molecule has 0 spiro atoms. The van der Waals surface area contributed by atoms with Gasteiger partial charge in [-0.3, -0.25) is 9.59 Å². The summed E-state index contributed by atoms with van der Waals surface area (Å²) in [5, 5.41) is 2.77. The second-order valence-electron chi connectivity index (χ2n) is 4.37. The minimum absolute atomic E-state index is 0.0481. The van der Waals surface area contributed by atoms with Gasteiger partial charge in [0, 0.05) is 19.6 Å². The Morgan fingerprint density at radius 1 is 1.20 bits per heavy atom. The number of rotatable bonds is 1. The van der Waals surface area contributed by atoms with Crippen LogP contribution in [-0.4, -0.2) is 36.3 Å². The van der Waals surface area contributed by atoms with Gasteiger partial charge in [-0.25, -0.2) is 0 Å². The van der Waals surface area contributed by atoms with Crippen molar-refractivity contribution in [3.05, 3.63) is 0 Å². The van der Waals surface area contributed by atoms with Crippen LogP contribution in [0.25, 0.3) is 0 Å². The Bertz CT molecular complexity index is 259. The summed E-state index contributed by atoms with van der Waals surface area (Å²) in [5.41, 5.74) is 0. The predicted molar refractivity (Wildman–Crippen MR) is 56.2 cm³/mol. The fourth-order valence-corrected chi connectivity index (χ4v) is 2.34. The van der Waals surface area contributed by atoms with Gasteiger partial charge in [0.1, 0.15) is 5.92 Å². The third-order valence-electron chi connectivity index (χ3n) is 3.25. The predicted octanol–water partition coefficient (Wildman–Crippen LogP) is 0.525. The Hall–Kier alpha value is -1.06. The van der Waals surface area contributed by atoms with E-state index in [0.29, 0.717) is 0 Å². The fraction of sp³-hybridized carbons (Fsp3) is 0.818. The summed E-state index contributed by atoms with van der Waals surface area (Å²) >= 11 is 0. The highest BCUT2D eigenvalue weighted by Gasteiger charge is 2.32. The summed E-state index contributed by atoms with van der Waals surface area (Å²) in [6.45, 7) is 2.40. The molecule has 0 aromatic heterocycles. The van der Waals surface area contributed by atoms with Gasteiger partial charge < -0.3 is 10.2 Å². The van der Waals surface area contributed by atoms with Crippen molar-refractivity contribution in [2.24, 2.45) is 5.92 Å². The van der Waals surface area contributed by atoms with Crippen molar-refractivity contribution in [1.29, 1.82) is 0 Å². The molecule has 4 nitrogen and oxygen atoms in total. The summed E-state index contributed by atoms with van der Waals surface area (Å²) in [6.07, 6.45) is 5.03. The van der Waals surface area contributed by atoms with E-state index < -0.39 is 5.92 Å². The van der Waals surface area contributed by atoms with Crippen LogP contribution < -0.4 is 5.32 Å². The van der Waals surface area contributed by atoms with Crippen LogP contribution in [0.15, 0.2) is 0 Å². The molecule has 2 rings (SSSR count). The van der Waals surface area contributed by atoms with Crippen LogP contribution in [0.2, 0.25) is 0 Å². The SMILES string of the molecule is O=C1NCCC[C@H]1C(=O)N1CCCCC1. The van der Waals surface area contributed by atoms with Gasteiger partial charge in [0.2, 0.25) is 11.8 Å². The summed E-state index contributed by atoms with van der Waals surface area (Å²) in [6, 6.07) is 0. The van der Waals surface area contributed by atoms with E-state index >= 15 is 0 Å². The van der Waals surface area contributed by atoms with E-state index in [-0.39, 0.29) is 11.8 Å². The molecule has 2 aliphatic heterocycles. The average Bonchev–Trinajstić information content (AvgIpc) is 2.30. The Labute approximate surface area is 90.0 Å². The number of nitrogens with zero attached hydrogens (tertiary/aromatic N) is 1. The Balaban J connectivity index is 1.95. The first-order valence-electron chi connectivity index (χ1n) is 5.85. The maximum Gasteiger partial charge on any atom is 0.235 e. The highest BCUT2D eigenvalue weighted by atomic mass is 16.2. The van der Waals surface area contributed by atoms with Crippen LogP contribution in [0.5, 0.6) is 0 Å². The zero-order valence-corrected chi connectivity index (χ0v) is 9.00. The molecule has 0 bridgehead atoms. The summed E-state index contributed by atoms with van der Waals surface area (Å²) in [4.78, 5) is 25.4. The van der Waals surface area contributed by atoms with Crippen LogP contribution in [-0.2, 0) is 9.59 Å². The van der Waals surface area contributed by atoms with Gasteiger partial charge in [-0.2, -0.15) is 0 Å². The number of carbonyl (C=O) groups excluding carboxylic acids is 2. The first-order chi connectivity index (χ1) is 7.29. The molecule has 2 heterocycles. The van der Waals surface area contributed by atoms with Gasteiger partial charge in [-0.05, 0) is 32.1 Å². The number of nitrogens with one attached hydrogen (secondary N) is 1. The maximum atomic E-state index is 12.0. The molecule has 15 heavy (non-hydrogen) atoms. The maximum absolute atomic E-state index is 12.0. The van der Waals surface area contributed by atoms with Crippen LogP contribution in [0.4, 0.5) is 0 Å². The number of likely N-dealkylation sites (tertiary alicyclic amines) is 1. The summed E-state index contributed by atoms with van der Waals surface area (Å²) in [5.74, 6) is -0.430. The summed E-state index contributed by atoms with van der Waals surface area (Å²) < 4.78 is 0. The lowest BCUT2D eigenvalue weighted by atomic mass is 9.96. The quantitative estimate of drug-likeness (QED) is 0.642. The van der Waals surface area contributed by atoms with Crippen molar-refractivity contribution in [3.63, 3.8) is 0 Å². The first-order valence-corrected chi connectivity index (χ1v) is 5.85. The third-order valence-corrected chi connectivity index (χ3v) is 3.25. The summed E-state index contributed by atoms with van der Waals surface area (Å²) in [7, 11) is 0. The van der Waals surface area contributed by atoms with Gasteiger partial charge in [0.25, 0.3) is 0 Å². The number of hydrogen-bond acceptors (Lipinski definition) is 2. The van der Waals surface area contributed by atoms with Crippen molar-refractivity contribution < 1.29 is 9.59 Å². The van der Waals surface area contributed by atoms with Gasteiger partial charge in [0.15, 0.2) is 0 Å². The molecule has 1 N–H and O–H groups in total. The second kappa shape index (κ2) is 4.64. The zero-order chi connectivity index (χ0) is 10.7. The lowest BCUT2D eigenvalue weighted by Gasteiger charge is -2.31. The van der Waals surface area contributed by atoms with Crippen molar-refractivity contribution in [2.45, 2.75) is 32.1 Å².